The van der Waals surface area contributed by atoms with E-state index in [-0.39, 0.29) is 25.4 Å². The lowest BCUT2D eigenvalue weighted by molar-refractivity contribution is -0.00945. The first-order chi connectivity index (χ1) is 19.8. The van der Waals surface area contributed by atoms with E-state index in [1.807, 2.05) is 0 Å². The first-order valence-electron chi connectivity index (χ1n) is 16.3. The van der Waals surface area contributed by atoms with Crippen molar-refractivity contribution in [2.24, 2.45) is 0 Å². The Morgan fingerprint density at radius 3 is 1.54 bits per heavy atom. The highest BCUT2D eigenvalue weighted by molar-refractivity contribution is 5.67. The predicted octanol–water partition coefficient (Wildman–Crippen LogP) is 3.64. The summed E-state index contributed by atoms with van der Waals surface area (Å²) in [5.41, 5.74) is 0. The fourth-order valence-corrected chi connectivity index (χ4v) is 5.33. The molecule has 0 radical (unpaired) electrons. The molecule has 2 saturated heterocycles. The minimum Gasteiger partial charge on any atom is -0.444 e. The van der Waals surface area contributed by atoms with Gasteiger partial charge in [-0.15, -0.1) is 0 Å². The van der Waals surface area contributed by atoms with Crippen molar-refractivity contribution in [3.05, 3.63) is 0 Å². The van der Waals surface area contributed by atoms with Crippen LogP contribution in [0.1, 0.15) is 91.9 Å². The molecule has 0 aliphatic carbocycles. The molecule has 0 aromatic carbocycles. The van der Waals surface area contributed by atoms with E-state index in [0.717, 1.165) is 51.9 Å². The fourth-order valence-electron chi connectivity index (χ4n) is 5.33. The first-order valence-corrected chi connectivity index (χ1v) is 16.3. The van der Waals surface area contributed by atoms with Gasteiger partial charge < -0.3 is 35.5 Å². The third-order valence-electron chi connectivity index (χ3n) is 7.82. The van der Waals surface area contributed by atoms with Crippen LogP contribution in [0.4, 0.5) is 9.59 Å². The molecule has 2 rings (SSSR count). The molecular formula is C30H60N6O5. The van der Waals surface area contributed by atoms with Crippen LogP contribution in [-0.4, -0.2) is 112 Å². The number of hydrogen-bond acceptors (Lipinski definition) is 9. The van der Waals surface area contributed by atoms with Crippen LogP contribution < -0.4 is 21.3 Å². The summed E-state index contributed by atoms with van der Waals surface area (Å²) in [5, 5.41) is 12.6. The van der Waals surface area contributed by atoms with Gasteiger partial charge in [-0.3, -0.25) is 9.80 Å². The number of alkyl carbamates (subject to hydrolysis) is 2. The Morgan fingerprint density at radius 1 is 0.707 bits per heavy atom. The predicted molar refractivity (Wildman–Crippen MR) is 163 cm³/mol. The minimum absolute atomic E-state index is 0.249. The van der Waals surface area contributed by atoms with Gasteiger partial charge in [0.05, 0.1) is 25.5 Å². The zero-order valence-corrected chi connectivity index (χ0v) is 26.4. The fraction of sp³-hybridized carbons (Fsp3) is 0.933. The van der Waals surface area contributed by atoms with Crippen LogP contribution in [0.25, 0.3) is 0 Å². The molecule has 4 unspecified atom stereocenters. The highest BCUT2D eigenvalue weighted by Gasteiger charge is 2.17. The van der Waals surface area contributed by atoms with Crippen molar-refractivity contribution in [2.45, 2.75) is 116 Å². The molecule has 240 valence electrons. The summed E-state index contributed by atoms with van der Waals surface area (Å²) < 4.78 is 16.3. The van der Waals surface area contributed by atoms with E-state index < -0.39 is 12.2 Å². The standard InChI is InChI=1S/C30H60N6O5/c1-25(40-29(37)33-15-9-5-7-11-19-35-21-13-17-31-27(35)3)23-39-24-26(2)41-30(38)34-16-10-6-8-12-20-36-22-14-18-32-28(36)4/h25-28,31-32H,5-24H2,1-4H3,(H,33,37)(H,34,38). The number of amides is 2. The molecule has 0 aromatic rings. The Bertz CT molecular complexity index is 646. The van der Waals surface area contributed by atoms with Crippen molar-refractivity contribution in [1.82, 2.24) is 31.1 Å². The van der Waals surface area contributed by atoms with Crippen LogP contribution in [0, 0.1) is 0 Å². The summed E-state index contributed by atoms with van der Waals surface area (Å²) in [5.74, 6) is 0. The zero-order chi connectivity index (χ0) is 29.7. The molecule has 2 amide bonds. The lowest BCUT2D eigenvalue weighted by Gasteiger charge is -2.34. The van der Waals surface area contributed by atoms with E-state index >= 15 is 0 Å². The largest absolute Gasteiger partial charge is 0.444 e. The van der Waals surface area contributed by atoms with E-state index in [1.54, 1.807) is 13.8 Å². The van der Waals surface area contributed by atoms with Gasteiger partial charge in [0.15, 0.2) is 0 Å². The summed E-state index contributed by atoms with van der Waals surface area (Å²) in [7, 11) is 0. The second kappa shape index (κ2) is 22.0. The Labute approximate surface area is 249 Å². The van der Waals surface area contributed by atoms with Crippen molar-refractivity contribution >= 4 is 12.2 Å². The summed E-state index contributed by atoms with van der Waals surface area (Å²) in [6.07, 6.45) is 10.6. The minimum atomic E-state index is -0.420. The maximum absolute atomic E-state index is 12.0. The van der Waals surface area contributed by atoms with Crippen molar-refractivity contribution in [3.8, 4) is 0 Å². The number of nitrogens with zero attached hydrogens (tertiary/aromatic N) is 2. The zero-order valence-electron chi connectivity index (χ0n) is 26.4. The number of rotatable bonds is 20. The normalized spacial score (nSPS) is 21.7. The number of unbranched alkanes of at least 4 members (excludes halogenated alkanes) is 6. The van der Waals surface area contributed by atoms with Crippen molar-refractivity contribution < 1.29 is 23.8 Å². The third kappa shape index (κ3) is 17.1. The Morgan fingerprint density at radius 2 is 1.12 bits per heavy atom. The van der Waals surface area contributed by atoms with Gasteiger partial charge in [-0.05, 0) is 92.4 Å². The van der Waals surface area contributed by atoms with Crippen LogP contribution in [-0.2, 0) is 14.2 Å². The van der Waals surface area contributed by atoms with Crippen LogP contribution in [0.15, 0.2) is 0 Å². The molecule has 11 nitrogen and oxygen atoms in total. The number of ether oxygens (including phenoxy) is 3. The summed E-state index contributed by atoms with van der Waals surface area (Å²) >= 11 is 0. The monoisotopic (exact) mass is 584 g/mol. The van der Waals surface area contributed by atoms with E-state index in [1.165, 1.54) is 51.6 Å². The number of nitrogens with one attached hydrogen (secondary N) is 4. The molecule has 2 aliphatic heterocycles. The molecular weight excluding hydrogens is 524 g/mol. The molecule has 4 atom stereocenters. The Hall–Kier alpha value is -1.66. The molecule has 11 heteroatoms. The van der Waals surface area contributed by atoms with Crippen LogP contribution in [0.3, 0.4) is 0 Å². The van der Waals surface area contributed by atoms with Crippen LogP contribution in [0.2, 0.25) is 0 Å². The molecule has 0 aromatic heterocycles. The van der Waals surface area contributed by atoms with Crippen LogP contribution >= 0.6 is 0 Å². The number of carbonyl (C=O) groups is 2. The SMILES string of the molecule is CC(COCC(C)OC(=O)NCCCCCCN1CCCNC1C)OC(=O)NCCCCCCN1CCCNC1C. The van der Waals surface area contributed by atoms with E-state index in [0.29, 0.717) is 25.4 Å². The molecule has 2 fully saturated rings. The molecule has 2 aliphatic rings. The molecule has 0 spiro atoms. The van der Waals surface area contributed by atoms with Gasteiger partial charge in [-0.2, -0.15) is 0 Å². The van der Waals surface area contributed by atoms with E-state index in [2.05, 4.69) is 44.9 Å². The second-order valence-electron chi connectivity index (χ2n) is 11.7. The van der Waals surface area contributed by atoms with Gasteiger partial charge in [0, 0.05) is 26.2 Å². The highest BCUT2D eigenvalue weighted by atomic mass is 16.6. The van der Waals surface area contributed by atoms with Crippen LogP contribution in [0.5, 0.6) is 0 Å². The van der Waals surface area contributed by atoms with Gasteiger partial charge in [-0.1, -0.05) is 25.7 Å². The highest BCUT2D eigenvalue weighted by Crippen LogP contribution is 2.09. The summed E-state index contributed by atoms with van der Waals surface area (Å²) in [4.78, 5) is 29.0. The Balaban J connectivity index is 1.36. The topological polar surface area (TPSA) is 116 Å². The number of carbonyl (C=O) groups excluding carboxylic acids is 2. The lowest BCUT2D eigenvalue weighted by atomic mass is 10.1. The van der Waals surface area contributed by atoms with Gasteiger partial charge in [0.1, 0.15) is 12.2 Å². The maximum atomic E-state index is 12.0. The average Bonchev–Trinajstić information content (AvgIpc) is 2.93. The van der Waals surface area contributed by atoms with Gasteiger partial charge in [0.25, 0.3) is 0 Å². The molecule has 0 saturated carbocycles. The third-order valence-corrected chi connectivity index (χ3v) is 7.82. The maximum Gasteiger partial charge on any atom is 0.407 e. The van der Waals surface area contributed by atoms with Gasteiger partial charge in [0.2, 0.25) is 0 Å². The lowest BCUT2D eigenvalue weighted by Crippen LogP contribution is -2.49. The molecule has 4 N–H and O–H groups in total. The molecule has 0 bridgehead atoms. The Kier molecular flexibility index (Phi) is 19.0. The first kappa shape index (κ1) is 35.5. The van der Waals surface area contributed by atoms with Gasteiger partial charge in [-0.25, -0.2) is 9.59 Å². The van der Waals surface area contributed by atoms with Crippen molar-refractivity contribution in [1.29, 1.82) is 0 Å². The molecule has 2 heterocycles. The second-order valence-corrected chi connectivity index (χ2v) is 11.7. The summed E-state index contributed by atoms with van der Waals surface area (Å²) in [6, 6.07) is 0. The number of hydrogen-bond donors (Lipinski definition) is 4. The quantitative estimate of drug-likeness (QED) is 0.159. The average molecular weight is 585 g/mol. The summed E-state index contributed by atoms with van der Waals surface area (Å²) in [6.45, 7) is 16.6. The van der Waals surface area contributed by atoms with Gasteiger partial charge >= 0.3 is 12.2 Å². The van der Waals surface area contributed by atoms with Crippen molar-refractivity contribution in [3.63, 3.8) is 0 Å². The molecule has 41 heavy (non-hydrogen) atoms. The van der Waals surface area contributed by atoms with E-state index in [9.17, 15) is 9.59 Å². The van der Waals surface area contributed by atoms with Crippen molar-refractivity contribution in [2.75, 3.05) is 65.6 Å². The van der Waals surface area contributed by atoms with E-state index in [4.69, 9.17) is 14.2 Å². The smallest absolute Gasteiger partial charge is 0.407 e.